The first-order chi connectivity index (χ1) is 15.1. The molecule has 1 heterocycles. The van der Waals surface area contributed by atoms with Crippen LogP contribution in [0.1, 0.15) is 42.9 Å². The van der Waals surface area contributed by atoms with Gasteiger partial charge in [-0.15, -0.1) is 0 Å². The molecule has 0 spiro atoms. The first-order valence-corrected chi connectivity index (χ1v) is 11.1. The maximum Gasteiger partial charge on any atom is 0.224 e. The third kappa shape index (κ3) is 7.85. The Hall–Kier alpha value is -2.63. The Morgan fingerprint density at radius 2 is 1.87 bits per heavy atom. The van der Waals surface area contributed by atoms with E-state index in [2.05, 4.69) is 16.7 Å². The lowest BCUT2D eigenvalue weighted by Gasteiger charge is -2.22. The number of nitrogens with one attached hydrogen (secondary N) is 2. The van der Waals surface area contributed by atoms with Gasteiger partial charge in [-0.3, -0.25) is 9.59 Å². The van der Waals surface area contributed by atoms with Crippen molar-refractivity contribution in [3.63, 3.8) is 0 Å². The van der Waals surface area contributed by atoms with E-state index in [0.717, 1.165) is 24.0 Å². The highest BCUT2D eigenvalue weighted by molar-refractivity contribution is 6.30. The van der Waals surface area contributed by atoms with Gasteiger partial charge in [-0.1, -0.05) is 66.2 Å². The van der Waals surface area contributed by atoms with Crippen LogP contribution in [0.15, 0.2) is 66.7 Å². The highest BCUT2D eigenvalue weighted by atomic mass is 35.5. The number of allylic oxidation sites excluding steroid dienone is 2. The van der Waals surface area contributed by atoms with Crippen LogP contribution in [0.25, 0.3) is 0 Å². The average Bonchev–Trinajstić information content (AvgIpc) is 2.78. The lowest BCUT2D eigenvalue weighted by atomic mass is 9.98. The van der Waals surface area contributed by atoms with Gasteiger partial charge in [0.15, 0.2) is 0 Å². The molecule has 2 amide bonds. The van der Waals surface area contributed by atoms with E-state index in [1.165, 1.54) is 0 Å². The van der Waals surface area contributed by atoms with Crippen LogP contribution >= 0.6 is 11.6 Å². The van der Waals surface area contributed by atoms with Crippen molar-refractivity contribution in [2.75, 3.05) is 13.2 Å². The van der Waals surface area contributed by atoms with E-state index < -0.39 is 5.92 Å². The smallest absolute Gasteiger partial charge is 0.224 e. The molecule has 0 aromatic heterocycles. The van der Waals surface area contributed by atoms with E-state index >= 15 is 0 Å². The van der Waals surface area contributed by atoms with Crippen LogP contribution in [0.3, 0.4) is 0 Å². The number of hydrogen-bond donors (Lipinski definition) is 2. The van der Waals surface area contributed by atoms with E-state index in [9.17, 15) is 9.59 Å². The van der Waals surface area contributed by atoms with Gasteiger partial charge >= 0.3 is 0 Å². The molecule has 0 saturated heterocycles. The summed E-state index contributed by atoms with van der Waals surface area (Å²) in [6, 6.07) is 17.2. The third-order valence-electron chi connectivity index (χ3n) is 5.26. The number of hydrogen-bond acceptors (Lipinski definition) is 3. The first-order valence-electron chi connectivity index (χ1n) is 10.7. The topological polar surface area (TPSA) is 67.4 Å². The quantitative estimate of drug-likeness (QED) is 0.669. The van der Waals surface area contributed by atoms with Gasteiger partial charge in [-0.2, -0.15) is 0 Å². The van der Waals surface area contributed by atoms with Crippen LogP contribution in [0.2, 0.25) is 5.02 Å². The molecule has 0 radical (unpaired) electrons. The van der Waals surface area contributed by atoms with Crippen molar-refractivity contribution >= 4 is 23.4 Å². The Morgan fingerprint density at radius 3 is 2.65 bits per heavy atom. The molecule has 6 heteroatoms. The summed E-state index contributed by atoms with van der Waals surface area (Å²) in [4.78, 5) is 25.4. The molecule has 1 aliphatic rings. The summed E-state index contributed by atoms with van der Waals surface area (Å²) in [6.07, 6.45) is 6.34. The second-order valence-corrected chi connectivity index (χ2v) is 8.11. The second-order valence-electron chi connectivity index (χ2n) is 7.67. The molecule has 2 N–H and O–H groups in total. The number of halogens is 1. The fraction of sp³-hybridized carbons (Fsp3) is 0.360. The first kappa shape index (κ1) is 23.0. The maximum absolute atomic E-state index is 12.9. The molecule has 0 saturated carbocycles. The number of ether oxygens (including phenoxy) is 1. The van der Waals surface area contributed by atoms with Crippen LogP contribution < -0.4 is 10.6 Å². The Balaban J connectivity index is 1.59. The molecule has 1 unspecified atom stereocenters. The lowest BCUT2D eigenvalue weighted by Crippen LogP contribution is -2.37. The summed E-state index contributed by atoms with van der Waals surface area (Å²) < 4.78 is 6.02. The van der Waals surface area contributed by atoms with Gasteiger partial charge in [0, 0.05) is 31.1 Å². The van der Waals surface area contributed by atoms with Gasteiger partial charge in [0.25, 0.3) is 0 Å². The number of benzene rings is 2. The molecular formula is C25H29ClN2O3. The predicted molar refractivity (Wildman–Crippen MR) is 123 cm³/mol. The zero-order chi connectivity index (χ0) is 21.9. The largest absolute Gasteiger partial charge is 0.372 e. The molecular weight excluding hydrogens is 412 g/mol. The van der Waals surface area contributed by atoms with Crippen molar-refractivity contribution in [3.8, 4) is 0 Å². The van der Waals surface area contributed by atoms with E-state index in [1.807, 2.05) is 48.5 Å². The third-order valence-corrected chi connectivity index (χ3v) is 5.51. The summed E-state index contributed by atoms with van der Waals surface area (Å²) in [6.45, 7) is 1.43. The average molecular weight is 441 g/mol. The fourth-order valence-corrected chi connectivity index (χ4v) is 3.59. The van der Waals surface area contributed by atoms with E-state index in [-0.39, 0.29) is 24.3 Å². The SMILES string of the molecule is O=C(C[C@@H]1C/C=C/CCCOC(c2ccccc2)CNC1=O)NCc1ccc(Cl)cc1. The summed E-state index contributed by atoms with van der Waals surface area (Å²) in [5, 5.41) is 6.55. The van der Waals surface area contributed by atoms with Gasteiger partial charge in [0.1, 0.15) is 0 Å². The van der Waals surface area contributed by atoms with Crippen molar-refractivity contribution in [2.24, 2.45) is 5.92 Å². The molecule has 164 valence electrons. The van der Waals surface area contributed by atoms with Crippen LogP contribution in [0.5, 0.6) is 0 Å². The van der Waals surface area contributed by atoms with Crippen LogP contribution in [-0.2, 0) is 20.9 Å². The van der Waals surface area contributed by atoms with Gasteiger partial charge in [0.05, 0.1) is 12.0 Å². The molecule has 0 aliphatic carbocycles. The molecule has 2 aromatic rings. The Kier molecular flexibility index (Phi) is 9.13. The zero-order valence-corrected chi connectivity index (χ0v) is 18.3. The van der Waals surface area contributed by atoms with Crippen molar-refractivity contribution in [1.82, 2.24) is 10.6 Å². The van der Waals surface area contributed by atoms with Crippen molar-refractivity contribution in [3.05, 3.63) is 82.9 Å². The van der Waals surface area contributed by atoms with Gasteiger partial charge in [-0.25, -0.2) is 0 Å². The lowest BCUT2D eigenvalue weighted by molar-refractivity contribution is -0.130. The maximum atomic E-state index is 12.9. The summed E-state index contributed by atoms with van der Waals surface area (Å²) >= 11 is 5.90. The Labute approximate surface area is 188 Å². The molecule has 0 fully saturated rings. The molecule has 0 bridgehead atoms. The fourth-order valence-electron chi connectivity index (χ4n) is 3.47. The van der Waals surface area contributed by atoms with Crippen molar-refractivity contribution in [2.45, 2.75) is 38.3 Å². The van der Waals surface area contributed by atoms with Crippen LogP contribution in [0, 0.1) is 5.92 Å². The molecule has 5 nitrogen and oxygen atoms in total. The highest BCUT2D eigenvalue weighted by Gasteiger charge is 2.22. The molecule has 2 aromatic carbocycles. The predicted octanol–water partition coefficient (Wildman–Crippen LogP) is 4.58. The van der Waals surface area contributed by atoms with E-state index in [1.54, 1.807) is 12.1 Å². The van der Waals surface area contributed by atoms with Gasteiger partial charge < -0.3 is 15.4 Å². The Bertz CT molecular complexity index is 868. The zero-order valence-electron chi connectivity index (χ0n) is 17.6. The minimum atomic E-state index is -0.419. The van der Waals surface area contributed by atoms with Gasteiger partial charge in [-0.05, 0) is 42.5 Å². The van der Waals surface area contributed by atoms with E-state index in [0.29, 0.717) is 31.1 Å². The van der Waals surface area contributed by atoms with Crippen LogP contribution in [0.4, 0.5) is 0 Å². The summed E-state index contributed by atoms with van der Waals surface area (Å²) in [7, 11) is 0. The number of rotatable bonds is 5. The highest BCUT2D eigenvalue weighted by Crippen LogP contribution is 2.19. The molecule has 31 heavy (non-hydrogen) atoms. The normalized spacial score (nSPS) is 21.3. The second kappa shape index (κ2) is 12.3. The number of carbonyl (C=O) groups is 2. The minimum Gasteiger partial charge on any atom is -0.372 e. The van der Waals surface area contributed by atoms with E-state index in [4.69, 9.17) is 16.3 Å². The summed E-state index contributed by atoms with van der Waals surface area (Å²) in [5.41, 5.74) is 2.00. The minimum absolute atomic E-state index is 0.128. The molecule has 2 atom stereocenters. The standard InChI is InChI=1S/C25H29ClN2O3/c26-22-13-11-19(12-14-22)17-27-24(29)16-21-10-4-1-2-7-15-31-23(18-28-25(21)30)20-8-5-3-6-9-20/h1,3-6,8-9,11-14,21,23H,2,7,10,15-18H2,(H,27,29)(H,28,30)/b4-1+/t21-,23?/m0/s1. The Morgan fingerprint density at radius 1 is 1.10 bits per heavy atom. The molecule has 3 rings (SSSR count). The summed E-state index contributed by atoms with van der Waals surface area (Å²) in [5.74, 6) is -0.694. The monoisotopic (exact) mass is 440 g/mol. The van der Waals surface area contributed by atoms with Crippen molar-refractivity contribution < 1.29 is 14.3 Å². The van der Waals surface area contributed by atoms with Gasteiger partial charge in [0.2, 0.25) is 11.8 Å². The number of carbonyl (C=O) groups excluding carboxylic acids is 2. The number of amides is 2. The molecule has 1 aliphatic heterocycles. The van der Waals surface area contributed by atoms with Crippen LogP contribution in [-0.4, -0.2) is 25.0 Å². The van der Waals surface area contributed by atoms with Crippen molar-refractivity contribution in [1.29, 1.82) is 0 Å².